The summed E-state index contributed by atoms with van der Waals surface area (Å²) < 4.78 is 0. The van der Waals surface area contributed by atoms with Crippen LogP contribution in [0.1, 0.15) is 55.3 Å². The third-order valence-electron chi connectivity index (χ3n) is 6.19. The standard InChI is InChI=1S/C23H32N4O/c1-17(2)22-24-21-16-27(13-10-20(21)23(28)25-22)15-19-8-11-26(12-9-19)14-18-6-4-3-5-7-18/h3-7,17,19H,8-16H2,1-2H3,(H,24,25,28). The Labute approximate surface area is 167 Å². The molecule has 0 spiro atoms. The second-order valence-electron chi connectivity index (χ2n) is 8.72. The number of likely N-dealkylation sites (tertiary alicyclic amines) is 1. The zero-order chi connectivity index (χ0) is 19.5. The molecule has 0 radical (unpaired) electrons. The van der Waals surface area contributed by atoms with E-state index in [1.54, 1.807) is 0 Å². The molecule has 0 bridgehead atoms. The van der Waals surface area contributed by atoms with Gasteiger partial charge >= 0.3 is 0 Å². The van der Waals surface area contributed by atoms with Crippen LogP contribution < -0.4 is 5.56 Å². The number of H-pyrrole nitrogens is 1. The summed E-state index contributed by atoms with van der Waals surface area (Å²) in [6.45, 7) is 10.5. The van der Waals surface area contributed by atoms with Gasteiger partial charge in [0.1, 0.15) is 5.82 Å². The minimum Gasteiger partial charge on any atom is -0.310 e. The van der Waals surface area contributed by atoms with E-state index in [2.05, 4.69) is 59.0 Å². The van der Waals surface area contributed by atoms with E-state index in [1.807, 2.05) is 0 Å². The highest BCUT2D eigenvalue weighted by Crippen LogP contribution is 2.23. The lowest BCUT2D eigenvalue weighted by Gasteiger charge is -2.36. The van der Waals surface area contributed by atoms with Crippen LogP contribution in [0.3, 0.4) is 0 Å². The van der Waals surface area contributed by atoms with Crippen LogP contribution in [-0.4, -0.2) is 45.9 Å². The van der Waals surface area contributed by atoms with Gasteiger partial charge in [-0.25, -0.2) is 4.98 Å². The van der Waals surface area contributed by atoms with Crippen LogP contribution in [0.25, 0.3) is 0 Å². The Kier molecular flexibility index (Phi) is 5.93. The highest BCUT2D eigenvalue weighted by atomic mass is 16.1. The van der Waals surface area contributed by atoms with E-state index in [9.17, 15) is 4.79 Å². The van der Waals surface area contributed by atoms with E-state index in [-0.39, 0.29) is 11.5 Å². The number of hydrogen-bond donors (Lipinski definition) is 1. The lowest BCUT2D eigenvalue weighted by atomic mass is 9.94. The van der Waals surface area contributed by atoms with Crippen LogP contribution in [0.2, 0.25) is 0 Å². The quantitative estimate of drug-likeness (QED) is 0.866. The van der Waals surface area contributed by atoms with Crippen LogP contribution in [0.4, 0.5) is 0 Å². The van der Waals surface area contributed by atoms with Crippen molar-refractivity contribution in [3.8, 4) is 0 Å². The Bertz CT molecular complexity index is 837. The summed E-state index contributed by atoms with van der Waals surface area (Å²) in [5.74, 6) is 1.82. The number of benzene rings is 1. The third-order valence-corrected chi connectivity index (χ3v) is 6.19. The van der Waals surface area contributed by atoms with Crippen molar-refractivity contribution in [1.29, 1.82) is 0 Å². The van der Waals surface area contributed by atoms with Gasteiger partial charge in [0.2, 0.25) is 0 Å². The zero-order valence-corrected chi connectivity index (χ0v) is 17.2. The van der Waals surface area contributed by atoms with E-state index in [0.717, 1.165) is 55.6 Å². The van der Waals surface area contributed by atoms with Crippen molar-refractivity contribution in [2.24, 2.45) is 5.92 Å². The van der Waals surface area contributed by atoms with E-state index in [0.29, 0.717) is 0 Å². The molecule has 3 heterocycles. The van der Waals surface area contributed by atoms with E-state index in [1.165, 1.54) is 31.5 Å². The Hall–Kier alpha value is -1.98. The number of fused-ring (bicyclic) bond motifs is 1. The topological polar surface area (TPSA) is 52.2 Å². The second kappa shape index (κ2) is 8.58. The summed E-state index contributed by atoms with van der Waals surface area (Å²) in [5.41, 5.74) is 3.38. The number of nitrogens with one attached hydrogen (secondary N) is 1. The first-order valence-electron chi connectivity index (χ1n) is 10.7. The number of nitrogens with zero attached hydrogens (tertiary/aromatic N) is 3. The van der Waals surface area contributed by atoms with Crippen LogP contribution in [-0.2, 0) is 19.5 Å². The molecule has 1 fully saturated rings. The number of aromatic amines is 1. The van der Waals surface area contributed by atoms with Crippen molar-refractivity contribution in [2.45, 2.75) is 52.1 Å². The summed E-state index contributed by atoms with van der Waals surface area (Å²) in [5, 5.41) is 0. The zero-order valence-electron chi connectivity index (χ0n) is 17.2. The van der Waals surface area contributed by atoms with Gasteiger partial charge in [-0.2, -0.15) is 0 Å². The van der Waals surface area contributed by atoms with Crippen molar-refractivity contribution in [3.05, 3.63) is 63.3 Å². The predicted molar refractivity (Wildman–Crippen MR) is 112 cm³/mol. The molecule has 2 aliphatic heterocycles. The maximum atomic E-state index is 12.4. The summed E-state index contributed by atoms with van der Waals surface area (Å²) in [6, 6.07) is 10.8. The smallest absolute Gasteiger partial charge is 0.254 e. The molecule has 1 N–H and O–H groups in total. The molecular weight excluding hydrogens is 348 g/mol. The summed E-state index contributed by atoms with van der Waals surface area (Å²) in [6.07, 6.45) is 3.34. The first-order valence-corrected chi connectivity index (χ1v) is 10.7. The van der Waals surface area contributed by atoms with Crippen LogP contribution >= 0.6 is 0 Å². The van der Waals surface area contributed by atoms with Crippen molar-refractivity contribution < 1.29 is 0 Å². The van der Waals surface area contributed by atoms with Gasteiger partial charge in [0.05, 0.1) is 5.69 Å². The van der Waals surface area contributed by atoms with Gasteiger partial charge in [0.15, 0.2) is 0 Å². The Morgan fingerprint density at radius 3 is 2.57 bits per heavy atom. The summed E-state index contributed by atoms with van der Waals surface area (Å²) in [4.78, 5) is 25.2. The van der Waals surface area contributed by atoms with Crippen molar-refractivity contribution >= 4 is 0 Å². The molecule has 0 atom stereocenters. The number of aromatic nitrogens is 2. The fourth-order valence-electron chi connectivity index (χ4n) is 4.48. The summed E-state index contributed by atoms with van der Waals surface area (Å²) in [7, 11) is 0. The molecule has 0 unspecified atom stereocenters. The van der Waals surface area contributed by atoms with Gasteiger partial charge in [-0.3, -0.25) is 14.6 Å². The van der Waals surface area contributed by atoms with E-state index >= 15 is 0 Å². The number of rotatable bonds is 5. The molecular formula is C23H32N4O. The monoisotopic (exact) mass is 380 g/mol. The van der Waals surface area contributed by atoms with E-state index < -0.39 is 0 Å². The van der Waals surface area contributed by atoms with Crippen LogP contribution in [0.5, 0.6) is 0 Å². The maximum absolute atomic E-state index is 12.4. The Balaban J connectivity index is 1.31. The van der Waals surface area contributed by atoms with E-state index in [4.69, 9.17) is 4.98 Å². The van der Waals surface area contributed by atoms with Gasteiger partial charge in [0.25, 0.3) is 5.56 Å². The molecule has 4 rings (SSSR count). The molecule has 0 aliphatic carbocycles. The van der Waals surface area contributed by atoms with Crippen molar-refractivity contribution in [2.75, 3.05) is 26.2 Å². The summed E-state index contributed by atoms with van der Waals surface area (Å²) >= 11 is 0. The first-order chi connectivity index (χ1) is 13.6. The van der Waals surface area contributed by atoms with Gasteiger partial charge in [-0.15, -0.1) is 0 Å². The molecule has 2 aliphatic rings. The molecule has 1 saturated heterocycles. The second-order valence-corrected chi connectivity index (χ2v) is 8.72. The lowest BCUT2D eigenvalue weighted by Crippen LogP contribution is -2.41. The van der Waals surface area contributed by atoms with Gasteiger partial charge in [-0.1, -0.05) is 44.2 Å². The van der Waals surface area contributed by atoms with Gasteiger partial charge in [-0.05, 0) is 43.8 Å². The molecule has 28 heavy (non-hydrogen) atoms. The van der Waals surface area contributed by atoms with Crippen LogP contribution in [0.15, 0.2) is 35.1 Å². The van der Waals surface area contributed by atoms with Crippen molar-refractivity contribution in [3.63, 3.8) is 0 Å². The molecule has 0 saturated carbocycles. The fraction of sp³-hybridized carbons (Fsp3) is 0.565. The molecule has 1 aromatic heterocycles. The lowest BCUT2D eigenvalue weighted by molar-refractivity contribution is 0.131. The normalized spacial score (nSPS) is 19.1. The average molecular weight is 381 g/mol. The minimum atomic E-state index is 0.0718. The Morgan fingerprint density at radius 2 is 1.86 bits per heavy atom. The molecule has 1 aromatic carbocycles. The SMILES string of the molecule is CC(C)c1nc2c(c(=O)[nH]1)CCN(CC1CCN(Cc3ccccc3)CC1)C2. The number of piperidine rings is 1. The average Bonchev–Trinajstić information content (AvgIpc) is 2.70. The molecule has 5 nitrogen and oxygen atoms in total. The van der Waals surface area contributed by atoms with Crippen LogP contribution in [0, 0.1) is 5.92 Å². The molecule has 2 aromatic rings. The number of hydrogen-bond acceptors (Lipinski definition) is 4. The highest BCUT2D eigenvalue weighted by Gasteiger charge is 2.26. The minimum absolute atomic E-state index is 0.0718. The molecule has 5 heteroatoms. The fourth-order valence-corrected chi connectivity index (χ4v) is 4.48. The molecule has 150 valence electrons. The first kappa shape index (κ1) is 19.3. The third kappa shape index (κ3) is 4.53. The predicted octanol–water partition coefficient (Wildman–Crippen LogP) is 3.16. The van der Waals surface area contributed by atoms with Gasteiger partial charge < -0.3 is 4.98 Å². The highest BCUT2D eigenvalue weighted by molar-refractivity contribution is 5.21. The molecule has 0 amide bonds. The largest absolute Gasteiger partial charge is 0.310 e. The Morgan fingerprint density at radius 1 is 1.11 bits per heavy atom. The van der Waals surface area contributed by atoms with Gasteiger partial charge in [0, 0.05) is 37.7 Å². The maximum Gasteiger partial charge on any atom is 0.254 e. The van der Waals surface area contributed by atoms with Crippen molar-refractivity contribution in [1.82, 2.24) is 19.8 Å².